The summed E-state index contributed by atoms with van der Waals surface area (Å²) in [6.45, 7) is 2.83. The highest BCUT2D eigenvalue weighted by Crippen LogP contribution is 2.19. The molecule has 0 unspecified atom stereocenters. The Labute approximate surface area is 62.7 Å². The number of ether oxygens (including phenoxy) is 1. The van der Waals surface area contributed by atoms with Gasteiger partial charge in [-0.25, -0.2) is 0 Å². The minimum atomic E-state index is 0.300. The lowest BCUT2D eigenvalue weighted by Gasteiger charge is -2.27. The van der Waals surface area contributed by atoms with E-state index in [0.29, 0.717) is 12.1 Å². The van der Waals surface area contributed by atoms with Crippen LogP contribution in [0.1, 0.15) is 32.6 Å². The van der Waals surface area contributed by atoms with E-state index in [4.69, 9.17) is 10.5 Å². The molecule has 0 aromatic carbocycles. The molecule has 0 heterocycles. The molecule has 0 amide bonds. The number of hydrogen-bond donors (Lipinski definition) is 1. The molecule has 2 atom stereocenters. The molecule has 1 aliphatic rings. The molecule has 2 heteroatoms. The van der Waals surface area contributed by atoms with Crippen LogP contribution in [0.3, 0.4) is 0 Å². The molecule has 1 aliphatic carbocycles. The molecular formula is C8H17NO. The summed E-state index contributed by atoms with van der Waals surface area (Å²) in [5.74, 6) is 0. The monoisotopic (exact) mass is 143 g/mol. The minimum absolute atomic E-state index is 0.300. The van der Waals surface area contributed by atoms with Crippen molar-refractivity contribution in [3.63, 3.8) is 0 Å². The van der Waals surface area contributed by atoms with Gasteiger partial charge in [0.15, 0.2) is 0 Å². The maximum absolute atomic E-state index is 5.84. The van der Waals surface area contributed by atoms with Crippen LogP contribution in [0, 0.1) is 0 Å². The third kappa shape index (κ3) is 1.96. The molecule has 60 valence electrons. The van der Waals surface area contributed by atoms with Crippen molar-refractivity contribution in [2.24, 2.45) is 5.73 Å². The number of hydrogen-bond acceptors (Lipinski definition) is 2. The van der Waals surface area contributed by atoms with Gasteiger partial charge in [-0.1, -0.05) is 12.8 Å². The summed E-state index contributed by atoms with van der Waals surface area (Å²) in [6.07, 6.45) is 5.22. The third-order valence-corrected chi connectivity index (χ3v) is 2.13. The summed E-state index contributed by atoms with van der Waals surface area (Å²) in [5, 5.41) is 0. The molecule has 0 spiro atoms. The second kappa shape index (κ2) is 3.94. The van der Waals surface area contributed by atoms with Crippen LogP contribution in [0.4, 0.5) is 0 Å². The molecule has 1 rings (SSSR count). The molecule has 10 heavy (non-hydrogen) atoms. The van der Waals surface area contributed by atoms with Crippen LogP contribution in [-0.2, 0) is 4.74 Å². The Morgan fingerprint density at radius 1 is 1.40 bits per heavy atom. The van der Waals surface area contributed by atoms with Gasteiger partial charge in [-0.15, -0.1) is 0 Å². The molecule has 1 fully saturated rings. The van der Waals surface area contributed by atoms with Crippen molar-refractivity contribution in [1.82, 2.24) is 0 Å². The SMILES string of the molecule is CCO[C@H]1CCCC[C@@H]1N. The summed E-state index contributed by atoms with van der Waals surface area (Å²) in [4.78, 5) is 0. The Morgan fingerprint density at radius 3 is 2.70 bits per heavy atom. The Morgan fingerprint density at radius 2 is 2.10 bits per heavy atom. The van der Waals surface area contributed by atoms with E-state index in [1.807, 2.05) is 6.92 Å². The largest absolute Gasteiger partial charge is 0.377 e. The summed E-state index contributed by atoms with van der Waals surface area (Å²) in [5.41, 5.74) is 5.84. The third-order valence-electron chi connectivity index (χ3n) is 2.13. The first kappa shape index (κ1) is 8.02. The highest BCUT2D eigenvalue weighted by molar-refractivity contribution is 4.78. The first-order valence-electron chi connectivity index (χ1n) is 4.21. The Kier molecular flexibility index (Phi) is 3.16. The molecule has 0 bridgehead atoms. The Balaban J connectivity index is 2.25. The van der Waals surface area contributed by atoms with Crippen LogP contribution in [-0.4, -0.2) is 18.8 Å². The standard InChI is InChI=1S/C8H17NO/c1-2-10-8-6-4-3-5-7(8)9/h7-8H,2-6,9H2,1H3/t7-,8-/m0/s1. The van der Waals surface area contributed by atoms with E-state index in [-0.39, 0.29) is 0 Å². The Hall–Kier alpha value is -0.0800. The van der Waals surface area contributed by atoms with Crippen LogP contribution in [0.5, 0.6) is 0 Å². The van der Waals surface area contributed by atoms with Gasteiger partial charge >= 0.3 is 0 Å². The normalized spacial score (nSPS) is 34.2. The second-order valence-corrected chi connectivity index (χ2v) is 2.94. The van der Waals surface area contributed by atoms with E-state index in [9.17, 15) is 0 Å². The molecular weight excluding hydrogens is 126 g/mol. The fourth-order valence-corrected chi connectivity index (χ4v) is 1.55. The zero-order valence-corrected chi connectivity index (χ0v) is 6.68. The minimum Gasteiger partial charge on any atom is -0.377 e. The van der Waals surface area contributed by atoms with Gasteiger partial charge in [0.1, 0.15) is 0 Å². The molecule has 0 aromatic heterocycles. The lowest BCUT2D eigenvalue weighted by atomic mass is 9.93. The fourth-order valence-electron chi connectivity index (χ4n) is 1.55. The van der Waals surface area contributed by atoms with Crippen molar-refractivity contribution in [2.45, 2.75) is 44.8 Å². The van der Waals surface area contributed by atoms with Gasteiger partial charge in [-0.3, -0.25) is 0 Å². The average molecular weight is 143 g/mol. The van der Waals surface area contributed by atoms with Gasteiger partial charge in [0, 0.05) is 12.6 Å². The quantitative estimate of drug-likeness (QED) is 0.632. The lowest BCUT2D eigenvalue weighted by Crippen LogP contribution is -2.39. The smallest absolute Gasteiger partial charge is 0.0725 e. The van der Waals surface area contributed by atoms with Crippen molar-refractivity contribution < 1.29 is 4.74 Å². The van der Waals surface area contributed by atoms with Crippen molar-refractivity contribution >= 4 is 0 Å². The molecule has 0 aromatic rings. The highest BCUT2D eigenvalue weighted by atomic mass is 16.5. The summed E-state index contributed by atoms with van der Waals surface area (Å²) < 4.78 is 5.47. The predicted molar refractivity (Wildman–Crippen MR) is 41.9 cm³/mol. The molecule has 0 aliphatic heterocycles. The maximum atomic E-state index is 5.84. The maximum Gasteiger partial charge on any atom is 0.0725 e. The van der Waals surface area contributed by atoms with Gasteiger partial charge < -0.3 is 10.5 Å². The van der Waals surface area contributed by atoms with E-state index in [1.54, 1.807) is 0 Å². The van der Waals surface area contributed by atoms with Crippen LogP contribution in [0.25, 0.3) is 0 Å². The van der Waals surface area contributed by atoms with E-state index < -0.39 is 0 Å². The summed E-state index contributed by atoms with van der Waals surface area (Å²) in [7, 11) is 0. The van der Waals surface area contributed by atoms with Crippen molar-refractivity contribution in [3.8, 4) is 0 Å². The first-order chi connectivity index (χ1) is 4.84. The van der Waals surface area contributed by atoms with Gasteiger partial charge in [-0.05, 0) is 19.8 Å². The molecule has 2 nitrogen and oxygen atoms in total. The lowest BCUT2D eigenvalue weighted by molar-refractivity contribution is 0.0228. The van der Waals surface area contributed by atoms with Crippen molar-refractivity contribution in [2.75, 3.05) is 6.61 Å². The molecule has 2 N–H and O–H groups in total. The zero-order valence-electron chi connectivity index (χ0n) is 6.68. The highest BCUT2D eigenvalue weighted by Gasteiger charge is 2.21. The zero-order chi connectivity index (χ0) is 7.40. The summed E-state index contributed by atoms with van der Waals surface area (Å²) in [6, 6.07) is 0.300. The predicted octanol–water partition coefficient (Wildman–Crippen LogP) is 1.29. The Bertz CT molecular complexity index is 93.3. The molecule has 1 saturated carbocycles. The van der Waals surface area contributed by atoms with Gasteiger partial charge in [0.2, 0.25) is 0 Å². The number of rotatable bonds is 2. The van der Waals surface area contributed by atoms with E-state index >= 15 is 0 Å². The van der Waals surface area contributed by atoms with Crippen molar-refractivity contribution in [3.05, 3.63) is 0 Å². The fraction of sp³-hybridized carbons (Fsp3) is 1.00. The van der Waals surface area contributed by atoms with E-state index in [2.05, 4.69) is 0 Å². The van der Waals surface area contributed by atoms with Gasteiger partial charge in [0.05, 0.1) is 6.10 Å². The van der Waals surface area contributed by atoms with Gasteiger partial charge in [0.25, 0.3) is 0 Å². The first-order valence-corrected chi connectivity index (χ1v) is 4.21. The second-order valence-electron chi connectivity index (χ2n) is 2.94. The van der Waals surface area contributed by atoms with Crippen LogP contribution in [0.15, 0.2) is 0 Å². The average Bonchev–Trinajstić information content (AvgIpc) is 1.94. The molecule has 0 saturated heterocycles. The topological polar surface area (TPSA) is 35.2 Å². The van der Waals surface area contributed by atoms with Crippen LogP contribution in [0.2, 0.25) is 0 Å². The molecule has 0 radical (unpaired) electrons. The van der Waals surface area contributed by atoms with Crippen molar-refractivity contribution in [1.29, 1.82) is 0 Å². The van der Waals surface area contributed by atoms with Crippen LogP contribution >= 0.6 is 0 Å². The number of nitrogens with two attached hydrogens (primary N) is 1. The van der Waals surface area contributed by atoms with E-state index in [1.165, 1.54) is 12.8 Å². The van der Waals surface area contributed by atoms with Gasteiger partial charge in [-0.2, -0.15) is 0 Å². The summed E-state index contributed by atoms with van der Waals surface area (Å²) >= 11 is 0. The van der Waals surface area contributed by atoms with E-state index in [0.717, 1.165) is 19.4 Å². The van der Waals surface area contributed by atoms with Crippen LogP contribution < -0.4 is 5.73 Å².